The van der Waals surface area contributed by atoms with Gasteiger partial charge in [0.25, 0.3) is 0 Å². The van der Waals surface area contributed by atoms with Crippen molar-refractivity contribution >= 4 is 0 Å². The number of halogens is 1. The third-order valence-electron chi connectivity index (χ3n) is 3.30. The Kier molecular flexibility index (Phi) is 3.03. The number of hydrogen-bond acceptors (Lipinski definition) is 2. The smallest absolute Gasteiger partial charge is 0.127 e. The first-order valence-electron chi connectivity index (χ1n) is 5.38. The standard InChI is InChI=1S/C12H17FN2/c1-15-7-6-9(8-14)12(15)10-4-2-3-5-11(10)13/h2-5,9,12H,6-8,14H2,1H3. The molecule has 1 aromatic rings. The minimum Gasteiger partial charge on any atom is -0.330 e. The molecule has 1 aliphatic rings. The fraction of sp³-hybridized carbons (Fsp3) is 0.500. The topological polar surface area (TPSA) is 29.3 Å². The van der Waals surface area contributed by atoms with Crippen LogP contribution >= 0.6 is 0 Å². The van der Waals surface area contributed by atoms with E-state index in [4.69, 9.17) is 5.73 Å². The highest BCUT2D eigenvalue weighted by molar-refractivity contribution is 5.23. The van der Waals surface area contributed by atoms with Crippen LogP contribution in [-0.4, -0.2) is 25.0 Å². The number of benzene rings is 1. The van der Waals surface area contributed by atoms with Gasteiger partial charge in [-0.2, -0.15) is 0 Å². The van der Waals surface area contributed by atoms with E-state index in [-0.39, 0.29) is 11.9 Å². The predicted octanol–water partition coefficient (Wildman–Crippen LogP) is 1.78. The highest BCUT2D eigenvalue weighted by Crippen LogP contribution is 2.36. The molecule has 1 saturated heterocycles. The average Bonchev–Trinajstić information content (AvgIpc) is 2.60. The predicted molar refractivity (Wildman–Crippen MR) is 58.9 cm³/mol. The Balaban J connectivity index is 2.32. The highest BCUT2D eigenvalue weighted by Gasteiger charge is 2.33. The van der Waals surface area contributed by atoms with Crippen molar-refractivity contribution < 1.29 is 4.39 Å². The summed E-state index contributed by atoms with van der Waals surface area (Å²) in [5.41, 5.74) is 6.51. The van der Waals surface area contributed by atoms with Crippen molar-refractivity contribution in [2.45, 2.75) is 12.5 Å². The van der Waals surface area contributed by atoms with E-state index in [2.05, 4.69) is 4.90 Å². The van der Waals surface area contributed by atoms with Gasteiger partial charge < -0.3 is 5.73 Å². The summed E-state index contributed by atoms with van der Waals surface area (Å²) < 4.78 is 13.7. The third-order valence-corrected chi connectivity index (χ3v) is 3.30. The second-order valence-electron chi connectivity index (χ2n) is 4.23. The maximum Gasteiger partial charge on any atom is 0.127 e. The van der Waals surface area contributed by atoms with E-state index in [9.17, 15) is 4.39 Å². The molecule has 1 heterocycles. The van der Waals surface area contributed by atoms with Crippen LogP contribution < -0.4 is 5.73 Å². The van der Waals surface area contributed by atoms with Gasteiger partial charge in [-0.15, -0.1) is 0 Å². The summed E-state index contributed by atoms with van der Waals surface area (Å²) >= 11 is 0. The Hall–Kier alpha value is -0.930. The Morgan fingerprint density at radius 2 is 2.20 bits per heavy atom. The molecular formula is C12H17FN2. The summed E-state index contributed by atoms with van der Waals surface area (Å²) in [6.07, 6.45) is 1.06. The lowest BCUT2D eigenvalue weighted by molar-refractivity contribution is 0.272. The zero-order valence-electron chi connectivity index (χ0n) is 8.99. The van der Waals surface area contributed by atoms with Crippen molar-refractivity contribution in [3.63, 3.8) is 0 Å². The highest BCUT2D eigenvalue weighted by atomic mass is 19.1. The Morgan fingerprint density at radius 1 is 1.47 bits per heavy atom. The van der Waals surface area contributed by atoms with Crippen LogP contribution in [-0.2, 0) is 0 Å². The second-order valence-corrected chi connectivity index (χ2v) is 4.23. The molecule has 2 atom stereocenters. The van der Waals surface area contributed by atoms with Crippen LogP contribution in [0, 0.1) is 11.7 Å². The average molecular weight is 208 g/mol. The van der Waals surface area contributed by atoms with Gasteiger partial charge in [0, 0.05) is 11.6 Å². The van der Waals surface area contributed by atoms with E-state index >= 15 is 0 Å². The number of rotatable bonds is 2. The molecule has 0 aromatic heterocycles. The minimum absolute atomic E-state index is 0.116. The van der Waals surface area contributed by atoms with Crippen LogP contribution in [0.25, 0.3) is 0 Å². The van der Waals surface area contributed by atoms with Crippen LogP contribution in [0.3, 0.4) is 0 Å². The second kappa shape index (κ2) is 4.29. The monoisotopic (exact) mass is 208 g/mol. The van der Waals surface area contributed by atoms with Crippen LogP contribution in [0.15, 0.2) is 24.3 Å². The number of nitrogens with zero attached hydrogens (tertiary/aromatic N) is 1. The zero-order chi connectivity index (χ0) is 10.8. The molecular weight excluding hydrogens is 191 g/mol. The maximum atomic E-state index is 13.7. The van der Waals surface area contributed by atoms with Gasteiger partial charge in [0.15, 0.2) is 0 Å². The first kappa shape index (κ1) is 10.6. The molecule has 0 saturated carbocycles. The van der Waals surface area contributed by atoms with Crippen molar-refractivity contribution in [1.82, 2.24) is 4.90 Å². The minimum atomic E-state index is -0.116. The number of hydrogen-bond donors (Lipinski definition) is 1. The summed E-state index contributed by atoms with van der Waals surface area (Å²) in [6.45, 7) is 1.63. The lowest BCUT2D eigenvalue weighted by Crippen LogP contribution is -2.25. The molecule has 2 N–H and O–H groups in total. The van der Waals surface area contributed by atoms with Crippen molar-refractivity contribution in [2.75, 3.05) is 20.1 Å². The van der Waals surface area contributed by atoms with Crippen LogP contribution in [0.5, 0.6) is 0 Å². The summed E-state index contributed by atoms with van der Waals surface area (Å²) in [5, 5.41) is 0. The zero-order valence-corrected chi connectivity index (χ0v) is 8.99. The molecule has 0 bridgehead atoms. The number of likely N-dealkylation sites (tertiary alicyclic amines) is 1. The molecule has 15 heavy (non-hydrogen) atoms. The normalized spacial score (nSPS) is 27.1. The largest absolute Gasteiger partial charge is 0.330 e. The third kappa shape index (κ3) is 1.90. The van der Waals surface area contributed by atoms with Gasteiger partial charge in [-0.1, -0.05) is 18.2 Å². The van der Waals surface area contributed by atoms with Gasteiger partial charge in [-0.05, 0) is 38.5 Å². The fourth-order valence-electron chi connectivity index (χ4n) is 2.48. The quantitative estimate of drug-likeness (QED) is 0.802. The molecule has 0 amide bonds. The summed E-state index contributed by atoms with van der Waals surface area (Å²) in [7, 11) is 2.03. The van der Waals surface area contributed by atoms with Gasteiger partial charge in [-0.3, -0.25) is 4.90 Å². The molecule has 2 rings (SSSR count). The Morgan fingerprint density at radius 3 is 2.87 bits per heavy atom. The van der Waals surface area contributed by atoms with Crippen LogP contribution in [0.1, 0.15) is 18.0 Å². The van der Waals surface area contributed by atoms with E-state index in [0.29, 0.717) is 12.5 Å². The van der Waals surface area contributed by atoms with Gasteiger partial charge in [0.05, 0.1) is 0 Å². The van der Waals surface area contributed by atoms with Crippen molar-refractivity contribution in [3.8, 4) is 0 Å². The molecule has 1 fully saturated rings. The summed E-state index contributed by atoms with van der Waals surface area (Å²) in [4.78, 5) is 2.19. The van der Waals surface area contributed by atoms with E-state index in [1.807, 2.05) is 19.2 Å². The molecule has 1 aromatic carbocycles. The van der Waals surface area contributed by atoms with Crippen molar-refractivity contribution in [3.05, 3.63) is 35.6 Å². The Bertz CT molecular complexity index is 340. The Labute approximate surface area is 89.9 Å². The van der Waals surface area contributed by atoms with E-state index in [0.717, 1.165) is 18.5 Å². The molecule has 1 aliphatic heterocycles. The van der Waals surface area contributed by atoms with E-state index in [1.54, 1.807) is 6.07 Å². The summed E-state index contributed by atoms with van der Waals surface area (Å²) in [6, 6.07) is 7.15. The van der Waals surface area contributed by atoms with Gasteiger partial charge >= 0.3 is 0 Å². The van der Waals surface area contributed by atoms with E-state index < -0.39 is 0 Å². The van der Waals surface area contributed by atoms with Gasteiger partial charge in [-0.25, -0.2) is 4.39 Å². The SMILES string of the molecule is CN1CCC(CN)C1c1ccccc1F. The van der Waals surface area contributed by atoms with Crippen molar-refractivity contribution in [1.29, 1.82) is 0 Å². The number of nitrogens with two attached hydrogens (primary N) is 1. The molecule has 82 valence electrons. The lowest BCUT2D eigenvalue weighted by Gasteiger charge is -2.25. The lowest BCUT2D eigenvalue weighted by atomic mass is 9.93. The molecule has 2 nitrogen and oxygen atoms in total. The first-order valence-corrected chi connectivity index (χ1v) is 5.38. The molecule has 3 heteroatoms. The van der Waals surface area contributed by atoms with E-state index in [1.165, 1.54) is 6.07 Å². The van der Waals surface area contributed by atoms with Crippen molar-refractivity contribution in [2.24, 2.45) is 11.7 Å². The summed E-state index contributed by atoms with van der Waals surface area (Å²) in [5.74, 6) is 0.265. The fourth-order valence-corrected chi connectivity index (χ4v) is 2.48. The van der Waals surface area contributed by atoms with Gasteiger partial charge in [0.1, 0.15) is 5.82 Å². The molecule has 0 spiro atoms. The maximum absolute atomic E-state index is 13.7. The molecule has 2 unspecified atom stereocenters. The van der Waals surface area contributed by atoms with Crippen LogP contribution in [0.4, 0.5) is 4.39 Å². The molecule has 0 radical (unpaired) electrons. The first-order chi connectivity index (χ1) is 7.24. The van der Waals surface area contributed by atoms with Gasteiger partial charge in [0.2, 0.25) is 0 Å². The van der Waals surface area contributed by atoms with Crippen LogP contribution in [0.2, 0.25) is 0 Å². The molecule has 0 aliphatic carbocycles.